The molecule has 0 amide bonds. The lowest BCUT2D eigenvalue weighted by molar-refractivity contribution is -0.120. The fraction of sp³-hybridized carbons (Fsp3) is 0.818. The van der Waals surface area contributed by atoms with Gasteiger partial charge in [0.1, 0.15) is 5.60 Å². The van der Waals surface area contributed by atoms with Crippen molar-refractivity contribution < 1.29 is 10.2 Å². The van der Waals surface area contributed by atoms with Gasteiger partial charge in [0.15, 0.2) is 0 Å². The minimum absolute atomic E-state index is 0.0451. The second-order valence-electron chi connectivity index (χ2n) is 4.79. The zero-order valence-corrected chi connectivity index (χ0v) is 8.54. The van der Waals surface area contributed by atoms with Gasteiger partial charge in [-0.3, -0.25) is 0 Å². The molecule has 0 spiro atoms. The molecule has 0 bridgehead atoms. The van der Waals surface area contributed by atoms with Crippen LogP contribution in [-0.2, 0) is 0 Å². The lowest BCUT2D eigenvalue weighted by Gasteiger charge is -2.48. The van der Waals surface area contributed by atoms with Gasteiger partial charge in [-0.05, 0) is 18.8 Å². The first-order valence-corrected chi connectivity index (χ1v) is 4.71. The molecule has 13 heavy (non-hydrogen) atoms. The highest BCUT2D eigenvalue weighted by atomic mass is 16.3. The summed E-state index contributed by atoms with van der Waals surface area (Å²) in [5.74, 6) is 2.44. The molecule has 1 saturated carbocycles. The molecule has 0 aliphatic heterocycles. The van der Waals surface area contributed by atoms with Gasteiger partial charge in [0.25, 0.3) is 0 Å². The molecule has 2 heteroatoms. The Balaban J connectivity index is 3.01. The van der Waals surface area contributed by atoms with E-state index < -0.39 is 11.0 Å². The quantitative estimate of drug-likeness (QED) is 0.552. The maximum Gasteiger partial charge on any atom is 0.132 e. The van der Waals surface area contributed by atoms with Crippen LogP contribution in [0.1, 0.15) is 33.6 Å². The number of hydrogen-bond acceptors (Lipinski definition) is 2. The summed E-state index contributed by atoms with van der Waals surface area (Å²) < 4.78 is 0. The van der Waals surface area contributed by atoms with Gasteiger partial charge < -0.3 is 10.2 Å². The third-order valence-corrected chi connectivity index (χ3v) is 3.34. The van der Waals surface area contributed by atoms with Gasteiger partial charge in [0.2, 0.25) is 0 Å². The summed E-state index contributed by atoms with van der Waals surface area (Å²) in [4.78, 5) is 0. The van der Waals surface area contributed by atoms with E-state index >= 15 is 0 Å². The van der Waals surface area contributed by atoms with Crippen molar-refractivity contribution in [2.75, 3.05) is 0 Å². The first-order valence-electron chi connectivity index (χ1n) is 4.71. The van der Waals surface area contributed by atoms with Gasteiger partial charge >= 0.3 is 0 Å². The SMILES string of the molecule is C#C[C@@]1(O)[C@@H](C)C[C@H](O)CC1(C)C. The minimum Gasteiger partial charge on any atom is -0.393 e. The standard InChI is InChI=1S/C11H18O2/c1-5-11(13)8(2)6-9(12)7-10(11,3)4/h1,8-9,12-13H,6-7H2,2-4H3/t8-,9-,11+/m0/s1. The van der Waals surface area contributed by atoms with Crippen molar-refractivity contribution in [3.8, 4) is 12.3 Å². The summed E-state index contributed by atoms with van der Waals surface area (Å²) in [5.41, 5.74) is -1.48. The van der Waals surface area contributed by atoms with E-state index in [1.54, 1.807) is 0 Å². The molecule has 0 aromatic heterocycles. The van der Waals surface area contributed by atoms with Crippen molar-refractivity contribution in [3.63, 3.8) is 0 Å². The number of hydrogen-bond donors (Lipinski definition) is 2. The van der Waals surface area contributed by atoms with Crippen molar-refractivity contribution in [1.82, 2.24) is 0 Å². The normalized spacial score (nSPS) is 44.0. The maximum atomic E-state index is 10.2. The molecular formula is C11H18O2. The molecule has 1 fully saturated rings. The first kappa shape index (κ1) is 10.6. The predicted molar refractivity (Wildman–Crippen MR) is 52.0 cm³/mol. The van der Waals surface area contributed by atoms with Crippen LogP contribution in [0, 0.1) is 23.7 Å². The molecule has 1 aliphatic rings. The number of terminal acetylenes is 1. The third kappa shape index (κ3) is 1.47. The number of rotatable bonds is 0. The smallest absolute Gasteiger partial charge is 0.132 e. The van der Waals surface area contributed by atoms with Crippen LogP contribution in [0.25, 0.3) is 0 Å². The van der Waals surface area contributed by atoms with E-state index in [1.807, 2.05) is 20.8 Å². The average Bonchev–Trinajstić information content (AvgIpc) is 1.98. The molecule has 0 radical (unpaired) electrons. The van der Waals surface area contributed by atoms with E-state index in [2.05, 4.69) is 5.92 Å². The van der Waals surface area contributed by atoms with E-state index in [-0.39, 0.29) is 12.0 Å². The van der Waals surface area contributed by atoms with Crippen LogP contribution in [0.15, 0.2) is 0 Å². The molecule has 2 nitrogen and oxygen atoms in total. The fourth-order valence-electron chi connectivity index (χ4n) is 2.41. The van der Waals surface area contributed by atoms with E-state index in [0.29, 0.717) is 12.8 Å². The summed E-state index contributed by atoms with van der Waals surface area (Å²) in [6, 6.07) is 0. The van der Waals surface area contributed by atoms with Gasteiger partial charge in [-0.25, -0.2) is 0 Å². The van der Waals surface area contributed by atoms with Crippen LogP contribution in [0.5, 0.6) is 0 Å². The van der Waals surface area contributed by atoms with Crippen LogP contribution in [0.4, 0.5) is 0 Å². The van der Waals surface area contributed by atoms with E-state index in [9.17, 15) is 10.2 Å². The molecule has 0 heterocycles. The van der Waals surface area contributed by atoms with Crippen LogP contribution < -0.4 is 0 Å². The lowest BCUT2D eigenvalue weighted by atomic mass is 9.60. The van der Waals surface area contributed by atoms with Crippen LogP contribution in [-0.4, -0.2) is 21.9 Å². The van der Waals surface area contributed by atoms with Gasteiger partial charge in [0, 0.05) is 5.41 Å². The average molecular weight is 182 g/mol. The largest absolute Gasteiger partial charge is 0.393 e. The summed E-state index contributed by atoms with van der Waals surface area (Å²) in [7, 11) is 0. The maximum absolute atomic E-state index is 10.2. The molecule has 0 unspecified atom stereocenters. The number of aliphatic hydroxyl groups is 2. The summed E-state index contributed by atoms with van der Waals surface area (Å²) >= 11 is 0. The molecule has 1 rings (SSSR count). The Hall–Kier alpha value is -0.520. The van der Waals surface area contributed by atoms with Crippen LogP contribution in [0.3, 0.4) is 0 Å². The number of aliphatic hydroxyl groups excluding tert-OH is 1. The van der Waals surface area contributed by atoms with E-state index in [0.717, 1.165) is 0 Å². The first-order chi connectivity index (χ1) is 5.83. The highest BCUT2D eigenvalue weighted by Crippen LogP contribution is 2.46. The third-order valence-electron chi connectivity index (χ3n) is 3.34. The predicted octanol–water partition coefficient (Wildman–Crippen LogP) is 1.17. The molecule has 0 saturated heterocycles. The monoisotopic (exact) mass is 182 g/mol. The van der Waals surface area contributed by atoms with Gasteiger partial charge in [-0.2, -0.15) is 0 Å². The van der Waals surface area contributed by atoms with Gasteiger partial charge in [0.05, 0.1) is 6.10 Å². The van der Waals surface area contributed by atoms with Gasteiger partial charge in [-0.15, -0.1) is 6.42 Å². The summed E-state index contributed by atoms with van der Waals surface area (Å²) in [5, 5.41) is 19.8. The Morgan fingerprint density at radius 1 is 1.46 bits per heavy atom. The second kappa shape index (κ2) is 3.01. The zero-order chi connectivity index (χ0) is 10.3. The van der Waals surface area contributed by atoms with Crippen molar-refractivity contribution in [2.24, 2.45) is 11.3 Å². The van der Waals surface area contributed by atoms with Crippen molar-refractivity contribution in [1.29, 1.82) is 0 Å². The van der Waals surface area contributed by atoms with Crippen molar-refractivity contribution in [2.45, 2.75) is 45.3 Å². The molecule has 0 aromatic rings. The second-order valence-corrected chi connectivity index (χ2v) is 4.79. The lowest BCUT2D eigenvalue weighted by Crippen LogP contribution is -2.54. The van der Waals surface area contributed by atoms with E-state index in [4.69, 9.17) is 6.42 Å². The minimum atomic E-state index is -1.08. The topological polar surface area (TPSA) is 40.5 Å². The summed E-state index contributed by atoms with van der Waals surface area (Å²) in [6.45, 7) is 5.71. The summed E-state index contributed by atoms with van der Waals surface area (Å²) in [6.07, 6.45) is 6.19. The van der Waals surface area contributed by atoms with Gasteiger partial charge in [-0.1, -0.05) is 26.7 Å². The highest BCUT2D eigenvalue weighted by molar-refractivity contribution is 5.18. The Bertz CT molecular complexity index is 239. The fourth-order valence-corrected chi connectivity index (χ4v) is 2.41. The van der Waals surface area contributed by atoms with Crippen LogP contribution >= 0.6 is 0 Å². The molecule has 3 atom stereocenters. The zero-order valence-electron chi connectivity index (χ0n) is 8.54. The Labute approximate surface area is 80.0 Å². The molecule has 0 aromatic carbocycles. The molecular weight excluding hydrogens is 164 g/mol. The Morgan fingerprint density at radius 2 is 2.00 bits per heavy atom. The van der Waals surface area contributed by atoms with Crippen LogP contribution in [0.2, 0.25) is 0 Å². The highest BCUT2D eigenvalue weighted by Gasteiger charge is 2.51. The van der Waals surface area contributed by atoms with Crippen molar-refractivity contribution in [3.05, 3.63) is 0 Å². The molecule has 2 N–H and O–H groups in total. The Morgan fingerprint density at radius 3 is 2.38 bits per heavy atom. The van der Waals surface area contributed by atoms with E-state index in [1.165, 1.54) is 0 Å². The molecule has 1 aliphatic carbocycles. The Kier molecular flexibility index (Phi) is 2.44. The van der Waals surface area contributed by atoms with Crippen molar-refractivity contribution >= 4 is 0 Å². The molecule has 74 valence electrons.